The van der Waals surface area contributed by atoms with Crippen molar-refractivity contribution in [3.05, 3.63) is 42.4 Å². The molecule has 2 atom stereocenters. The largest absolute Gasteiger partial charge is 0.480 e. The molecule has 6 heteroatoms. The third-order valence-corrected chi connectivity index (χ3v) is 3.32. The van der Waals surface area contributed by atoms with E-state index < -0.39 is 12.0 Å². The van der Waals surface area contributed by atoms with Crippen molar-refractivity contribution >= 4 is 5.97 Å². The zero-order chi connectivity index (χ0) is 15.4. The number of aryl methyl sites for hydroxylation is 1. The summed E-state index contributed by atoms with van der Waals surface area (Å²) in [6, 6.07) is 2.56. The van der Waals surface area contributed by atoms with Gasteiger partial charge in [0.25, 0.3) is 0 Å². The molecule has 0 saturated heterocycles. The SMILES string of the molecule is CC(C)CC(NC(c1ccco1)c1nccn1C)C(=O)O. The normalized spacial score (nSPS) is 14.3. The summed E-state index contributed by atoms with van der Waals surface area (Å²) in [4.78, 5) is 15.8. The number of nitrogens with zero attached hydrogens (tertiary/aromatic N) is 2. The molecule has 0 aromatic carbocycles. The fourth-order valence-corrected chi connectivity index (χ4v) is 2.31. The number of furan rings is 1. The summed E-state index contributed by atoms with van der Waals surface area (Å²) in [5.41, 5.74) is 0. The zero-order valence-electron chi connectivity index (χ0n) is 12.5. The Labute approximate surface area is 123 Å². The van der Waals surface area contributed by atoms with Crippen LogP contribution >= 0.6 is 0 Å². The standard InChI is InChI=1S/C15H21N3O3/c1-10(2)9-11(15(19)20)17-13(12-5-4-8-21-12)14-16-6-7-18(14)3/h4-8,10-11,13,17H,9H2,1-3H3,(H,19,20). The fraction of sp³-hybridized carbons (Fsp3) is 0.467. The van der Waals surface area contributed by atoms with Gasteiger partial charge in [-0.3, -0.25) is 10.1 Å². The number of carbonyl (C=O) groups is 1. The molecule has 0 amide bonds. The second-order valence-electron chi connectivity index (χ2n) is 5.53. The van der Waals surface area contributed by atoms with Crippen LogP contribution in [0.4, 0.5) is 0 Å². The maximum atomic E-state index is 11.5. The molecule has 114 valence electrons. The summed E-state index contributed by atoms with van der Waals surface area (Å²) in [5.74, 6) is 0.783. The second kappa shape index (κ2) is 6.58. The van der Waals surface area contributed by atoms with Crippen molar-refractivity contribution in [2.45, 2.75) is 32.4 Å². The third kappa shape index (κ3) is 3.72. The number of aromatic nitrogens is 2. The first kappa shape index (κ1) is 15.3. The van der Waals surface area contributed by atoms with Crippen LogP contribution in [0.5, 0.6) is 0 Å². The van der Waals surface area contributed by atoms with E-state index in [4.69, 9.17) is 4.42 Å². The molecule has 6 nitrogen and oxygen atoms in total. The number of carboxylic acid groups (broad SMARTS) is 1. The Morgan fingerprint density at radius 1 is 1.52 bits per heavy atom. The van der Waals surface area contributed by atoms with Gasteiger partial charge in [0.05, 0.1) is 6.26 Å². The van der Waals surface area contributed by atoms with Crippen molar-refractivity contribution in [1.82, 2.24) is 14.9 Å². The number of nitrogens with one attached hydrogen (secondary N) is 1. The van der Waals surface area contributed by atoms with Gasteiger partial charge in [0.2, 0.25) is 0 Å². The summed E-state index contributed by atoms with van der Waals surface area (Å²) in [7, 11) is 1.87. The van der Waals surface area contributed by atoms with Gasteiger partial charge in [-0.1, -0.05) is 13.8 Å². The summed E-state index contributed by atoms with van der Waals surface area (Å²) < 4.78 is 7.31. The summed E-state index contributed by atoms with van der Waals surface area (Å²) >= 11 is 0. The monoisotopic (exact) mass is 291 g/mol. The van der Waals surface area contributed by atoms with Gasteiger partial charge in [-0.25, -0.2) is 4.98 Å². The Hall–Kier alpha value is -2.08. The van der Waals surface area contributed by atoms with Crippen LogP contribution in [0.15, 0.2) is 35.2 Å². The molecular weight excluding hydrogens is 270 g/mol. The molecule has 2 aromatic heterocycles. The molecule has 2 N–H and O–H groups in total. The maximum absolute atomic E-state index is 11.5. The maximum Gasteiger partial charge on any atom is 0.320 e. The van der Waals surface area contributed by atoms with E-state index in [1.807, 2.05) is 37.7 Å². The lowest BCUT2D eigenvalue weighted by Gasteiger charge is -2.23. The Balaban J connectivity index is 2.28. The summed E-state index contributed by atoms with van der Waals surface area (Å²) in [5, 5.41) is 12.6. The lowest BCUT2D eigenvalue weighted by molar-refractivity contribution is -0.140. The van der Waals surface area contributed by atoms with Crippen LogP contribution in [0.1, 0.15) is 37.9 Å². The van der Waals surface area contributed by atoms with Gasteiger partial charge in [-0.15, -0.1) is 0 Å². The van der Waals surface area contributed by atoms with E-state index in [-0.39, 0.29) is 12.0 Å². The molecule has 0 aliphatic heterocycles. The topological polar surface area (TPSA) is 80.3 Å². The first-order valence-corrected chi connectivity index (χ1v) is 6.98. The van der Waals surface area contributed by atoms with Gasteiger partial charge >= 0.3 is 5.97 Å². The fourth-order valence-electron chi connectivity index (χ4n) is 2.31. The molecule has 0 aliphatic carbocycles. The van der Waals surface area contributed by atoms with E-state index >= 15 is 0 Å². The number of carboxylic acids is 1. The zero-order valence-corrected chi connectivity index (χ0v) is 12.5. The highest BCUT2D eigenvalue weighted by atomic mass is 16.4. The summed E-state index contributed by atoms with van der Waals surface area (Å²) in [6.45, 7) is 4.00. The first-order chi connectivity index (χ1) is 9.99. The Bertz CT molecular complexity index is 575. The van der Waals surface area contributed by atoms with Crippen LogP contribution in [-0.4, -0.2) is 26.7 Å². The van der Waals surface area contributed by atoms with Crippen molar-refractivity contribution in [2.24, 2.45) is 13.0 Å². The van der Waals surface area contributed by atoms with Crippen molar-refractivity contribution in [1.29, 1.82) is 0 Å². The van der Waals surface area contributed by atoms with Gasteiger partial charge in [0, 0.05) is 19.4 Å². The van der Waals surface area contributed by atoms with Crippen LogP contribution in [0, 0.1) is 5.92 Å². The second-order valence-corrected chi connectivity index (χ2v) is 5.53. The van der Waals surface area contributed by atoms with Crippen LogP contribution < -0.4 is 5.32 Å². The van der Waals surface area contributed by atoms with E-state index in [0.29, 0.717) is 12.2 Å². The molecule has 0 radical (unpaired) electrons. The lowest BCUT2D eigenvalue weighted by Crippen LogP contribution is -2.41. The number of hydrogen-bond donors (Lipinski definition) is 2. The van der Waals surface area contributed by atoms with Crippen LogP contribution in [0.2, 0.25) is 0 Å². The predicted molar refractivity (Wildman–Crippen MR) is 77.8 cm³/mol. The molecule has 21 heavy (non-hydrogen) atoms. The molecule has 0 saturated carbocycles. The highest BCUT2D eigenvalue weighted by Gasteiger charge is 2.28. The quantitative estimate of drug-likeness (QED) is 0.817. The molecule has 2 aromatic rings. The molecule has 2 heterocycles. The van der Waals surface area contributed by atoms with Gasteiger partial charge in [0.15, 0.2) is 0 Å². The van der Waals surface area contributed by atoms with Gasteiger partial charge in [0.1, 0.15) is 23.7 Å². The highest BCUT2D eigenvalue weighted by molar-refractivity contribution is 5.73. The average molecular weight is 291 g/mol. The minimum Gasteiger partial charge on any atom is -0.480 e. The lowest BCUT2D eigenvalue weighted by atomic mass is 10.0. The van der Waals surface area contributed by atoms with Gasteiger partial charge < -0.3 is 14.1 Å². The van der Waals surface area contributed by atoms with E-state index in [1.54, 1.807) is 18.5 Å². The molecule has 0 aliphatic rings. The van der Waals surface area contributed by atoms with Crippen LogP contribution in [-0.2, 0) is 11.8 Å². The minimum absolute atomic E-state index is 0.275. The molecule has 0 bridgehead atoms. The Morgan fingerprint density at radius 3 is 2.76 bits per heavy atom. The van der Waals surface area contributed by atoms with Crippen molar-refractivity contribution in [3.8, 4) is 0 Å². The smallest absolute Gasteiger partial charge is 0.320 e. The third-order valence-electron chi connectivity index (χ3n) is 3.32. The van der Waals surface area contributed by atoms with E-state index in [2.05, 4.69) is 10.3 Å². The Morgan fingerprint density at radius 2 is 2.29 bits per heavy atom. The predicted octanol–water partition coefficient (Wildman–Crippen LogP) is 2.19. The molecule has 0 spiro atoms. The van der Waals surface area contributed by atoms with Crippen molar-refractivity contribution in [2.75, 3.05) is 0 Å². The molecule has 2 unspecified atom stereocenters. The Kier molecular flexibility index (Phi) is 4.80. The van der Waals surface area contributed by atoms with E-state index in [1.165, 1.54) is 0 Å². The van der Waals surface area contributed by atoms with Gasteiger partial charge in [-0.2, -0.15) is 0 Å². The molecular formula is C15H21N3O3. The number of rotatable bonds is 7. The van der Waals surface area contributed by atoms with Crippen molar-refractivity contribution in [3.63, 3.8) is 0 Å². The molecule has 2 rings (SSSR count). The van der Waals surface area contributed by atoms with Crippen LogP contribution in [0.3, 0.4) is 0 Å². The van der Waals surface area contributed by atoms with E-state index in [0.717, 1.165) is 5.82 Å². The van der Waals surface area contributed by atoms with Crippen molar-refractivity contribution < 1.29 is 14.3 Å². The number of imidazole rings is 1. The van der Waals surface area contributed by atoms with E-state index in [9.17, 15) is 9.90 Å². The first-order valence-electron chi connectivity index (χ1n) is 6.98. The van der Waals surface area contributed by atoms with Gasteiger partial charge in [-0.05, 0) is 24.5 Å². The number of hydrogen-bond acceptors (Lipinski definition) is 4. The highest BCUT2D eigenvalue weighted by Crippen LogP contribution is 2.22. The average Bonchev–Trinajstić information content (AvgIpc) is 3.05. The number of aliphatic carboxylic acids is 1. The van der Waals surface area contributed by atoms with Crippen LogP contribution in [0.25, 0.3) is 0 Å². The summed E-state index contributed by atoms with van der Waals surface area (Å²) in [6.07, 6.45) is 5.62. The minimum atomic E-state index is -0.866. The molecule has 0 fully saturated rings.